The number of carbonyl (C=O) groups excluding carboxylic acids is 1. The van der Waals surface area contributed by atoms with E-state index in [0.717, 1.165) is 28.8 Å². The van der Waals surface area contributed by atoms with Crippen LogP contribution in [0.1, 0.15) is 11.1 Å². The van der Waals surface area contributed by atoms with Crippen LogP contribution < -0.4 is 10.1 Å². The van der Waals surface area contributed by atoms with Gasteiger partial charge in [0.1, 0.15) is 12.4 Å². The zero-order valence-electron chi connectivity index (χ0n) is 12.7. The van der Waals surface area contributed by atoms with Crippen LogP contribution >= 0.6 is 0 Å². The highest BCUT2D eigenvalue weighted by atomic mass is 16.5. The summed E-state index contributed by atoms with van der Waals surface area (Å²) >= 11 is 0. The lowest BCUT2D eigenvalue weighted by Gasteiger charge is -2.24. The summed E-state index contributed by atoms with van der Waals surface area (Å²) in [6, 6.07) is 16.1. The molecule has 0 fully saturated rings. The summed E-state index contributed by atoms with van der Waals surface area (Å²) in [6.07, 6.45) is 2.65. The number of H-pyrrole nitrogens is 1. The van der Waals surface area contributed by atoms with E-state index in [1.54, 1.807) is 0 Å². The predicted molar refractivity (Wildman–Crippen MR) is 89.3 cm³/mol. The van der Waals surface area contributed by atoms with Crippen molar-refractivity contribution in [3.8, 4) is 5.75 Å². The van der Waals surface area contributed by atoms with Crippen molar-refractivity contribution in [3.63, 3.8) is 0 Å². The molecule has 23 heavy (non-hydrogen) atoms. The van der Waals surface area contributed by atoms with Crippen LogP contribution in [0.4, 0.5) is 0 Å². The van der Waals surface area contributed by atoms with Crippen LogP contribution in [0.3, 0.4) is 0 Å². The Bertz CT molecular complexity index is 853. The molecular formula is C19H18N2O2. The fourth-order valence-electron chi connectivity index (χ4n) is 3.03. The van der Waals surface area contributed by atoms with Crippen molar-refractivity contribution in [1.82, 2.24) is 10.3 Å². The van der Waals surface area contributed by atoms with Gasteiger partial charge in [0.15, 0.2) is 0 Å². The molecule has 2 N–H and O–H groups in total. The largest absolute Gasteiger partial charge is 0.492 e. The van der Waals surface area contributed by atoms with Gasteiger partial charge < -0.3 is 15.0 Å². The molecule has 2 aromatic carbocycles. The number of nitrogens with one attached hydrogen (secondary N) is 2. The summed E-state index contributed by atoms with van der Waals surface area (Å²) in [5, 5.41) is 4.20. The quantitative estimate of drug-likeness (QED) is 0.781. The van der Waals surface area contributed by atoms with Crippen molar-refractivity contribution in [2.45, 2.75) is 13.0 Å². The van der Waals surface area contributed by atoms with Gasteiger partial charge in [0.25, 0.3) is 0 Å². The molecule has 0 radical (unpaired) electrons. The van der Waals surface area contributed by atoms with Crippen molar-refractivity contribution < 1.29 is 9.53 Å². The van der Waals surface area contributed by atoms with Gasteiger partial charge in [-0.05, 0) is 41.1 Å². The number of amides is 1. The van der Waals surface area contributed by atoms with Crippen LogP contribution in [0.5, 0.6) is 5.75 Å². The van der Waals surface area contributed by atoms with Crippen molar-refractivity contribution in [2.75, 3.05) is 6.61 Å². The summed E-state index contributed by atoms with van der Waals surface area (Å²) in [7, 11) is 0. The molecule has 3 aromatic rings. The fourth-order valence-corrected chi connectivity index (χ4v) is 3.03. The lowest BCUT2D eigenvalue weighted by atomic mass is 9.96. The van der Waals surface area contributed by atoms with Crippen molar-refractivity contribution in [2.24, 2.45) is 5.92 Å². The Morgan fingerprint density at radius 1 is 1.22 bits per heavy atom. The van der Waals surface area contributed by atoms with E-state index in [1.807, 2.05) is 42.6 Å². The molecule has 1 atom stereocenters. The van der Waals surface area contributed by atoms with E-state index < -0.39 is 0 Å². The number of aromatic nitrogens is 1. The van der Waals surface area contributed by atoms with Crippen LogP contribution in [-0.4, -0.2) is 17.5 Å². The lowest BCUT2D eigenvalue weighted by molar-refractivity contribution is -0.126. The molecule has 4 nitrogen and oxygen atoms in total. The maximum Gasteiger partial charge on any atom is 0.227 e. The number of aromatic amines is 1. The predicted octanol–water partition coefficient (Wildman–Crippen LogP) is 3.04. The van der Waals surface area contributed by atoms with Crippen LogP contribution in [0.15, 0.2) is 54.7 Å². The first-order chi connectivity index (χ1) is 11.3. The minimum Gasteiger partial charge on any atom is -0.492 e. The Morgan fingerprint density at radius 3 is 3.09 bits per heavy atom. The number of ether oxygens (including phenoxy) is 1. The van der Waals surface area contributed by atoms with Gasteiger partial charge in [0.2, 0.25) is 5.91 Å². The third-order valence-corrected chi connectivity index (χ3v) is 4.34. The third-order valence-electron chi connectivity index (χ3n) is 4.34. The Balaban J connectivity index is 1.40. The minimum atomic E-state index is -0.126. The van der Waals surface area contributed by atoms with Gasteiger partial charge in [-0.25, -0.2) is 0 Å². The van der Waals surface area contributed by atoms with E-state index in [-0.39, 0.29) is 11.8 Å². The van der Waals surface area contributed by atoms with E-state index in [1.165, 1.54) is 5.39 Å². The number of fused-ring (bicyclic) bond motifs is 2. The Morgan fingerprint density at radius 2 is 2.13 bits per heavy atom. The van der Waals surface area contributed by atoms with E-state index >= 15 is 0 Å². The normalized spacial score (nSPS) is 16.6. The average molecular weight is 306 g/mol. The van der Waals surface area contributed by atoms with Gasteiger partial charge in [-0.2, -0.15) is 0 Å². The van der Waals surface area contributed by atoms with Gasteiger partial charge in [-0.15, -0.1) is 0 Å². The Kier molecular flexibility index (Phi) is 3.50. The maximum atomic E-state index is 12.4. The van der Waals surface area contributed by atoms with Gasteiger partial charge in [-0.1, -0.05) is 30.3 Å². The molecule has 0 aliphatic carbocycles. The smallest absolute Gasteiger partial charge is 0.227 e. The summed E-state index contributed by atoms with van der Waals surface area (Å²) in [4.78, 5) is 15.6. The summed E-state index contributed by atoms with van der Waals surface area (Å²) < 4.78 is 5.69. The first-order valence-electron chi connectivity index (χ1n) is 7.84. The van der Waals surface area contributed by atoms with Crippen LogP contribution in [-0.2, 0) is 17.8 Å². The molecule has 0 saturated heterocycles. The molecule has 1 amide bonds. The van der Waals surface area contributed by atoms with E-state index in [2.05, 4.69) is 22.4 Å². The maximum absolute atomic E-state index is 12.4. The van der Waals surface area contributed by atoms with Crippen molar-refractivity contribution >= 4 is 16.8 Å². The van der Waals surface area contributed by atoms with E-state index in [4.69, 9.17) is 4.74 Å². The average Bonchev–Trinajstić information content (AvgIpc) is 3.07. The molecule has 0 spiro atoms. The molecule has 1 aromatic heterocycles. The highest BCUT2D eigenvalue weighted by Crippen LogP contribution is 2.26. The number of hydrogen-bond acceptors (Lipinski definition) is 2. The van der Waals surface area contributed by atoms with Gasteiger partial charge >= 0.3 is 0 Å². The number of carbonyl (C=O) groups is 1. The van der Waals surface area contributed by atoms with Crippen LogP contribution in [0.25, 0.3) is 10.9 Å². The Hall–Kier alpha value is -2.75. The topological polar surface area (TPSA) is 54.1 Å². The molecule has 116 valence electrons. The number of para-hydroxylation sites is 1. The molecule has 0 bridgehead atoms. The van der Waals surface area contributed by atoms with Gasteiger partial charge in [0, 0.05) is 18.3 Å². The summed E-state index contributed by atoms with van der Waals surface area (Å²) in [6.45, 7) is 0.977. The number of benzene rings is 2. The summed E-state index contributed by atoms with van der Waals surface area (Å²) in [5.74, 6) is 0.818. The number of rotatable bonds is 3. The van der Waals surface area contributed by atoms with Crippen LogP contribution in [0, 0.1) is 5.92 Å². The summed E-state index contributed by atoms with van der Waals surface area (Å²) in [5.41, 5.74) is 3.28. The second-order valence-corrected chi connectivity index (χ2v) is 5.94. The van der Waals surface area contributed by atoms with Crippen molar-refractivity contribution in [1.29, 1.82) is 0 Å². The molecular weight excluding hydrogens is 288 g/mol. The SMILES string of the molecule is O=C(NCc1ccc2cc[nH]c2c1)[C@@H]1COc2ccccc2C1. The highest BCUT2D eigenvalue weighted by Gasteiger charge is 2.25. The molecule has 4 heteroatoms. The third kappa shape index (κ3) is 2.80. The minimum absolute atomic E-state index is 0.0473. The zero-order valence-corrected chi connectivity index (χ0v) is 12.7. The molecule has 2 heterocycles. The van der Waals surface area contributed by atoms with E-state index in [0.29, 0.717) is 13.2 Å². The molecule has 0 saturated carbocycles. The first-order valence-corrected chi connectivity index (χ1v) is 7.84. The van der Waals surface area contributed by atoms with Crippen LogP contribution in [0.2, 0.25) is 0 Å². The molecule has 1 aliphatic rings. The van der Waals surface area contributed by atoms with Crippen molar-refractivity contribution in [3.05, 3.63) is 65.9 Å². The van der Waals surface area contributed by atoms with Gasteiger partial charge in [-0.3, -0.25) is 4.79 Å². The molecule has 4 rings (SSSR count). The Labute approximate surface area is 134 Å². The highest BCUT2D eigenvalue weighted by molar-refractivity contribution is 5.81. The first kappa shape index (κ1) is 13.9. The second kappa shape index (κ2) is 5.80. The van der Waals surface area contributed by atoms with Gasteiger partial charge in [0.05, 0.1) is 5.92 Å². The number of hydrogen-bond donors (Lipinski definition) is 2. The standard InChI is InChI=1S/C19H18N2O2/c22-19(16-10-15-3-1-2-4-18(15)23-12-16)21-11-13-5-6-14-7-8-20-17(14)9-13/h1-9,16,20H,10-12H2,(H,21,22)/t16-/m0/s1. The monoisotopic (exact) mass is 306 g/mol. The second-order valence-electron chi connectivity index (χ2n) is 5.94. The molecule has 0 unspecified atom stereocenters. The zero-order chi connectivity index (χ0) is 15.6. The molecule has 1 aliphatic heterocycles. The fraction of sp³-hybridized carbons (Fsp3) is 0.211. The van der Waals surface area contributed by atoms with E-state index in [9.17, 15) is 4.79 Å². The lowest BCUT2D eigenvalue weighted by Crippen LogP contribution is -2.37.